The lowest BCUT2D eigenvalue weighted by molar-refractivity contribution is 0.0977. The molecule has 0 aliphatic rings. The summed E-state index contributed by atoms with van der Waals surface area (Å²) in [7, 11) is 0. The third kappa shape index (κ3) is 5.59. The summed E-state index contributed by atoms with van der Waals surface area (Å²) in [6, 6.07) is 12.0. The largest absolute Gasteiger partial charge is 0.491 e. The molecule has 7 heteroatoms. The fourth-order valence-corrected chi connectivity index (χ4v) is 2.48. The number of nitrogens with one attached hydrogen (secondary N) is 2. The number of hydrogen-bond acceptors (Lipinski definition) is 3. The summed E-state index contributed by atoms with van der Waals surface area (Å²) in [6.45, 7) is 4.04. The molecule has 2 rings (SSSR count). The Morgan fingerprint density at radius 2 is 1.88 bits per heavy atom. The molecular formula is C18H18Cl2N2O2S. The van der Waals surface area contributed by atoms with Crippen LogP contribution in [0.1, 0.15) is 30.6 Å². The van der Waals surface area contributed by atoms with Crippen molar-refractivity contribution < 1.29 is 9.53 Å². The second-order valence-electron chi connectivity index (χ2n) is 5.37. The molecule has 0 aliphatic heterocycles. The van der Waals surface area contributed by atoms with E-state index in [0.717, 1.165) is 12.2 Å². The fraction of sp³-hybridized carbons (Fsp3) is 0.222. The van der Waals surface area contributed by atoms with E-state index in [-0.39, 0.29) is 17.1 Å². The molecule has 1 amide bonds. The van der Waals surface area contributed by atoms with Gasteiger partial charge in [-0.25, -0.2) is 0 Å². The maximum atomic E-state index is 12.2. The minimum Gasteiger partial charge on any atom is -0.491 e. The first-order valence-electron chi connectivity index (χ1n) is 7.73. The molecule has 0 saturated carbocycles. The second-order valence-corrected chi connectivity index (χ2v) is 6.56. The van der Waals surface area contributed by atoms with Crippen LogP contribution >= 0.6 is 35.4 Å². The molecule has 4 nitrogen and oxygen atoms in total. The lowest BCUT2D eigenvalue weighted by Crippen LogP contribution is -2.34. The molecular weight excluding hydrogens is 379 g/mol. The molecule has 2 N–H and O–H groups in total. The zero-order chi connectivity index (χ0) is 18.4. The SMILES string of the molecule is CCC(C)Oc1ccc(C(=O)NC(=S)Nc2cccc(Cl)c2Cl)cc1. The average molecular weight is 397 g/mol. The summed E-state index contributed by atoms with van der Waals surface area (Å²) in [5.74, 6) is 0.392. The van der Waals surface area contributed by atoms with E-state index in [1.807, 2.05) is 13.8 Å². The highest BCUT2D eigenvalue weighted by molar-refractivity contribution is 7.80. The third-order valence-electron chi connectivity index (χ3n) is 3.46. The molecule has 25 heavy (non-hydrogen) atoms. The van der Waals surface area contributed by atoms with E-state index in [9.17, 15) is 4.79 Å². The van der Waals surface area contributed by atoms with Crippen molar-refractivity contribution >= 4 is 52.1 Å². The van der Waals surface area contributed by atoms with Crippen LogP contribution < -0.4 is 15.4 Å². The number of anilines is 1. The molecule has 1 unspecified atom stereocenters. The molecule has 0 heterocycles. The van der Waals surface area contributed by atoms with Crippen molar-refractivity contribution in [2.75, 3.05) is 5.32 Å². The summed E-state index contributed by atoms with van der Waals surface area (Å²) in [6.07, 6.45) is 1.03. The Balaban J connectivity index is 1.97. The molecule has 0 aromatic heterocycles. The number of hydrogen-bond donors (Lipinski definition) is 2. The molecule has 1 atom stereocenters. The molecule has 2 aromatic carbocycles. The minimum absolute atomic E-state index is 0.124. The van der Waals surface area contributed by atoms with Crippen LogP contribution in [0.5, 0.6) is 5.75 Å². The van der Waals surface area contributed by atoms with Crippen molar-refractivity contribution in [2.45, 2.75) is 26.4 Å². The van der Waals surface area contributed by atoms with Crippen molar-refractivity contribution in [3.8, 4) is 5.75 Å². The zero-order valence-electron chi connectivity index (χ0n) is 13.8. The minimum atomic E-state index is -0.328. The van der Waals surface area contributed by atoms with Crippen LogP contribution in [0.2, 0.25) is 10.0 Å². The van der Waals surface area contributed by atoms with Crippen LogP contribution in [0.4, 0.5) is 5.69 Å². The van der Waals surface area contributed by atoms with E-state index >= 15 is 0 Å². The lowest BCUT2D eigenvalue weighted by Gasteiger charge is -2.13. The van der Waals surface area contributed by atoms with Gasteiger partial charge in [0.05, 0.1) is 21.8 Å². The number of thiocarbonyl (C=S) groups is 1. The number of rotatable bonds is 5. The van der Waals surface area contributed by atoms with Gasteiger partial charge in [-0.2, -0.15) is 0 Å². The molecule has 0 radical (unpaired) electrons. The van der Waals surface area contributed by atoms with Crippen molar-refractivity contribution in [2.24, 2.45) is 0 Å². The van der Waals surface area contributed by atoms with Gasteiger partial charge in [-0.1, -0.05) is 36.2 Å². The summed E-state index contributed by atoms with van der Waals surface area (Å²) in [5, 5.41) is 6.33. The van der Waals surface area contributed by atoms with E-state index in [0.29, 0.717) is 21.3 Å². The predicted molar refractivity (Wildman–Crippen MR) is 107 cm³/mol. The van der Waals surface area contributed by atoms with E-state index in [1.54, 1.807) is 42.5 Å². The van der Waals surface area contributed by atoms with Gasteiger partial charge in [0.15, 0.2) is 5.11 Å². The average Bonchev–Trinajstić information content (AvgIpc) is 2.59. The highest BCUT2D eigenvalue weighted by Crippen LogP contribution is 2.29. The van der Waals surface area contributed by atoms with E-state index in [4.69, 9.17) is 40.2 Å². The van der Waals surface area contributed by atoms with E-state index in [2.05, 4.69) is 10.6 Å². The molecule has 0 saturated heterocycles. The van der Waals surface area contributed by atoms with Crippen molar-refractivity contribution in [1.82, 2.24) is 5.32 Å². The third-order valence-corrected chi connectivity index (χ3v) is 4.48. The highest BCUT2D eigenvalue weighted by Gasteiger charge is 2.11. The van der Waals surface area contributed by atoms with E-state index < -0.39 is 0 Å². The van der Waals surface area contributed by atoms with Gasteiger partial charge in [0.2, 0.25) is 0 Å². The molecule has 0 fully saturated rings. The maximum Gasteiger partial charge on any atom is 0.257 e. The van der Waals surface area contributed by atoms with Crippen molar-refractivity contribution in [1.29, 1.82) is 0 Å². The van der Waals surface area contributed by atoms with Gasteiger partial charge in [0, 0.05) is 5.56 Å². The number of carbonyl (C=O) groups excluding carboxylic acids is 1. The summed E-state index contributed by atoms with van der Waals surface area (Å²) in [5.41, 5.74) is 0.995. The van der Waals surface area contributed by atoms with Crippen molar-refractivity contribution in [3.63, 3.8) is 0 Å². The van der Waals surface area contributed by atoms with Crippen LogP contribution in [0.25, 0.3) is 0 Å². The molecule has 0 aliphatic carbocycles. The van der Waals surface area contributed by atoms with Crippen LogP contribution in [-0.4, -0.2) is 17.1 Å². The van der Waals surface area contributed by atoms with Gasteiger partial charge in [0.1, 0.15) is 5.75 Å². The van der Waals surface area contributed by atoms with Crippen LogP contribution in [0.15, 0.2) is 42.5 Å². The Kier molecular flexibility index (Phi) is 7.05. The molecule has 2 aromatic rings. The predicted octanol–water partition coefficient (Wildman–Crippen LogP) is 5.30. The van der Waals surface area contributed by atoms with Crippen LogP contribution in [-0.2, 0) is 0 Å². The van der Waals surface area contributed by atoms with Gasteiger partial charge >= 0.3 is 0 Å². The Hall–Kier alpha value is -1.82. The maximum absolute atomic E-state index is 12.2. The first-order chi connectivity index (χ1) is 11.9. The van der Waals surface area contributed by atoms with E-state index in [1.165, 1.54) is 0 Å². The first-order valence-corrected chi connectivity index (χ1v) is 8.90. The Bertz CT molecular complexity index is 766. The monoisotopic (exact) mass is 396 g/mol. The van der Waals surface area contributed by atoms with Gasteiger partial charge in [0.25, 0.3) is 5.91 Å². The number of benzene rings is 2. The smallest absolute Gasteiger partial charge is 0.257 e. The Labute approximate surface area is 162 Å². The van der Waals surface area contributed by atoms with Crippen molar-refractivity contribution in [3.05, 3.63) is 58.1 Å². The fourth-order valence-electron chi connectivity index (χ4n) is 1.93. The highest BCUT2D eigenvalue weighted by atomic mass is 35.5. The molecule has 0 spiro atoms. The number of halogens is 2. The molecule has 132 valence electrons. The quantitative estimate of drug-likeness (QED) is 0.673. The first kappa shape index (κ1) is 19.5. The number of ether oxygens (including phenoxy) is 1. The Morgan fingerprint density at radius 1 is 1.20 bits per heavy atom. The topological polar surface area (TPSA) is 50.4 Å². The summed E-state index contributed by atoms with van der Waals surface area (Å²) in [4.78, 5) is 12.2. The Morgan fingerprint density at radius 3 is 2.52 bits per heavy atom. The summed E-state index contributed by atoms with van der Waals surface area (Å²) >= 11 is 17.2. The molecule has 0 bridgehead atoms. The number of carbonyl (C=O) groups is 1. The normalized spacial score (nSPS) is 11.5. The van der Waals surface area contributed by atoms with Gasteiger partial charge in [-0.3, -0.25) is 10.1 Å². The standard InChI is InChI=1S/C18H18Cl2N2O2S/c1-3-11(2)24-13-9-7-12(8-10-13)17(23)22-18(25)21-15-6-4-5-14(19)16(15)20/h4-11H,3H2,1-2H3,(H2,21,22,23,25). The van der Waals surface area contributed by atoms with Crippen LogP contribution in [0.3, 0.4) is 0 Å². The summed E-state index contributed by atoms with van der Waals surface area (Å²) < 4.78 is 5.69. The number of amides is 1. The lowest BCUT2D eigenvalue weighted by atomic mass is 10.2. The van der Waals surface area contributed by atoms with Gasteiger partial charge in [-0.15, -0.1) is 0 Å². The van der Waals surface area contributed by atoms with Crippen LogP contribution in [0, 0.1) is 0 Å². The second kappa shape index (κ2) is 9.04. The van der Waals surface area contributed by atoms with Gasteiger partial charge in [-0.05, 0) is 62.0 Å². The zero-order valence-corrected chi connectivity index (χ0v) is 16.1. The van der Waals surface area contributed by atoms with Gasteiger partial charge < -0.3 is 10.1 Å².